The predicted octanol–water partition coefficient (Wildman–Crippen LogP) is 1.32. The van der Waals surface area contributed by atoms with Gasteiger partial charge in [-0.3, -0.25) is 4.79 Å². The summed E-state index contributed by atoms with van der Waals surface area (Å²) < 4.78 is 29.5. The van der Waals surface area contributed by atoms with Crippen molar-refractivity contribution < 1.29 is 23.1 Å². The number of rotatable bonds is 2. The molecule has 0 spiro atoms. The molecule has 0 saturated carbocycles. The topological polar surface area (TPSA) is 43.4 Å². The Morgan fingerprint density at radius 2 is 1.93 bits per heavy atom. The number of Topliss-reactive ketones (excluding diaryl/α,β-unsaturated/α-hetero) is 1. The van der Waals surface area contributed by atoms with Crippen LogP contribution in [0.25, 0.3) is 0 Å². The highest BCUT2D eigenvalue weighted by Crippen LogP contribution is 2.10. The minimum absolute atomic E-state index is 0.502. The summed E-state index contributed by atoms with van der Waals surface area (Å²) in [5.74, 6) is -4.22. The van der Waals surface area contributed by atoms with Crippen LogP contribution in [0, 0.1) is 11.6 Å². The maximum Gasteiger partial charge on any atom is 0.379 e. The van der Waals surface area contributed by atoms with Crippen LogP contribution in [-0.2, 0) is 9.53 Å². The second-order valence-electron chi connectivity index (χ2n) is 2.44. The van der Waals surface area contributed by atoms with Gasteiger partial charge < -0.3 is 4.74 Å². The molecule has 0 saturated heterocycles. The number of benzene rings is 1. The second-order valence-corrected chi connectivity index (χ2v) is 2.44. The highest BCUT2D eigenvalue weighted by Gasteiger charge is 2.20. The lowest BCUT2D eigenvalue weighted by Crippen LogP contribution is -2.17. The number of carbonyl (C=O) groups excluding carboxylic acids is 2. The third-order valence-electron chi connectivity index (χ3n) is 1.55. The van der Waals surface area contributed by atoms with E-state index >= 15 is 0 Å². The normalized spacial score (nSPS) is 9.64. The van der Waals surface area contributed by atoms with Gasteiger partial charge in [0, 0.05) is 6.07 Å². The fourth-order valence-electron chi connectivity index (χ4n) is 0.876. The van der Waals surface area contributed by atoms with E-state index in [1.54, 1.807) is 0 Å². The van der Waals surface area contributed by atoms with Crippen molar-refractivity contribution in [2.45, 2.75) is 0 Å². The van der Waals surface area contributed by atoms with Crippen molar-refractivity contribution in [3.63, 3.8) is 0 Å². The van der Waals surface area contributed by atoms with Gasteiger partial charge in [-0.25, -0.2) is 13.6 Å². The lowest BCUT2D eigenvalue weighted by molar-refractivity contribution is -0.135. The van der Waals surface area contributed by atoms with E-state index in [4.69, 9.17) is 0 Å². The lowest BCUT2D eigenvalue weighted by atomic mass is 10.1. The maximum absolute atomic E-state index is 12.9. The largest absolute Gasteiger partial charge is 0.463 e. The van der Waals surface area contributed by atoms with Gasteiger partial charge in [0.25, 0.3) is 5.78 Å². The molecular formula is C9H6F2O3. The lowest BCUT2D eigenvalue weighted by Gasteiger charge is -2.00. The molecule has 0 bridgehead atoms. The first-order valence-electron chi connectivity index (χ1n) is 3.64. The van der Waals surface area contributed by atoms with Crippen LogP contribution in [0.15, 0.2) is 18.2 Å². The molecule has 1 aromatic carbocycles. The standard InChI is InChI=1S/C9H6F2O3/c1-14-9(13)8(12)6-3-2-5(10)4-7(6)11/h2-4H,1H3. The molecule has 0 atom stereocenters. The number of carbonyl (C=O) groups is 2. The van der Waals surface area contributed by atoms with E-state index < -0.39 is 29.0 Å². The van der Waals surface area contributed by atoms with Crippen molar-refractivity contribution >= 4 is 11.8 Å². The van der Waals surface area contributed by atoms with Gasteiger partial charge in [-0.05, 0) is 12.1 Å². The molecule has 0 heterocycles. The fourth-order valence-corrected chi connectivity index (χ4v) is 0.876. The molecule has 5 heteroatoms. The zero-order chi connectivity index (χ0) is 10.7. The molecule has 74 valence electrons. The van der Waals surface area contributed by atoms with Gasteiger partial charge in [0.1, 0.15) is 11.6 Å². The van der Waals surface area contributed by atoms with Gasteiger partial charge in [0.2, 0.25) is 0 Å². The number of halogens is 2. The van der Waals surface area contributed by atoms with Crippen LogP contribution < -0.4 is 0 Å². The molecule has 1 rings (SSSR count). The Labute approximate surface area is 78.3 Å². The summed E-state index contributed by atoms with van der Waals surface area (Å²) in [5.41, 5.74) is -0.502. The number of hydrogen-bond donors (Lipinski definition) is 0. The molecule has 0 N–H and O–H groups in total. The summed E-state index contributed by atoms with van der Waals surface area (Å²) in [6.45, 7) is 0. The van der Waals surface area contributed by atoms with Crippen LogP contribution in [0.4, 0.5) is 8.78 Å². The Bertz CT molecular complexity index is 388. The number of esters is 1. The number of methoxy groups -OCH3 is 1. The van der Waals surface area contributed by atoms with Crippen LogP contribution in [0.3, 0.4) is 0 Å². The molecule has 14 heavy (non-hydrogen) atoms. The van der Waals surface area contributed by atoms with Crippen molar-refractivity contribution in [3.05, 3.63) is 35.4 Å². The first-order chi connectivity index (χ1) is 6.56. The molecular weight excluding hydrogens is 194 g/mol. The van der Waals surface area contributed by atoms with E-state index in [-0.39, 0.29) is 0 Å². The average Bonchev–Trinajstić information content (AvgIpc) is 2.15. The Kier molecular flexibility index (Phi) is 2.91. The zero-order valence-electron chi connectivity index (χ0n) is 7.21. The summed E-state index contributed by atoms with van der Waals surface area (Å²) >= 11 is 0. The van der Waals surface area contributed by atoms with Crippen LogP contribution in [0.1, 0.15) is 10.4 Å². The summed E-state index contributed by atoms with van der Waals surface area (Å²) in [7, 11) is 1.00. The third-order valence-corrected chi connectivity index (χ3v) is 1.55. The van der Waals surface area contributed by atoms with Crippen molar-refractivity contribution in [3.8, 4) is 0 Å². The van der Waals surface area contributed by atoms with E-state index in [1.807, 2.05) is 0 Å². The van der Waals surface area contributed by atoms with E-state index in [1.165, 1.54) is 0 Å². The molecule has 0 aliphatic heterocycles. The highest BCUT2D eigenvalue weighted by atomic mass is 19.1. The van der Waals surface area contributed by atoms with Crippen molar-refractivity contribution in [1.29, 1.82) is 0 Å². The average molecular weight is 200 g/mol. The van der Waals surface area contributed by atoms with Gasteiger partial charge in [-0.2, -0.15) is 0 Å². The first kappa shape index (κ1) is 10.3. The quantitative estimate of drug-likeness (QED) is 0.411. The molecule has 1 aromatic rings. The van der Waals surface area contributed by atoms with Crippen LogP contribution in [0.2, 0.25) is 0 Å². The van der Waals surface area contributed by atoms with Gasteiger partial charge in [-0.15, -0.1) is 0 Å². The molecule has 0 radical (unpaired) electrons. The molecule has 0 aliphatic carbocycles. The van der Waals surface area contributed by atoms with Crippen LogP contribution >= 0.6 is 0 Å². The summed E-state index contributed by atoms with van der Waals surface area (Å²) in [6, 6.07) is 2.30. The smallest absolute Gasteiger partial charge is 0.379 e. The van der Waals surface area contributed by atoms with Crippen molar-refractivity contribution in [2.24, 2.45) is 0 Å². The number of ketones is 1. The van der Waals surface area contributed by atoms with Crippen molar-refractivity contribution in [2.75, 3.05) is 7.11 Å². The molecule has 0 aliphatic rings. The summed E-state index contributed by atoms with van der Waals surface area (Å²) in [5, 5.41) is 0. The summed E-state index contributed by atoms with van der Waals surface area (Å²) in [4.78, 5) is 21.8. The molecule has 0 fully saturated rings. The molecule has 3 nitrogen and oxygen atoms in total. The molecule has 0 aromatic heterocycles. The Hall–Kier alpha value is -1.78. The van der Waals surface area contributed by atoms with Gasteiger partial charge >= 0.3 is 5.97 Å². The van der Waals surface area contributed by atoms with E-state index in [0.29, 0.717) is 6.07 Å². The van der Waals surface area contributed by atoms with E-state index in [9.17, 15) is 18.4 Å². The van der Waals surface area contributed by atoms with E-state index in [0.717, 1.165) is 19.2 Å². The number of ether oxygens (including phenoxy) is 1. The molecule has 0 amide bonds. The monoisotopic (exact) mass is 200 g/mol. The van der Waals surface area contributed by atoms with Gasteiger partial charge in [-0.1, -0.05) is 0 Å². The highest BCUT2D eigenvalue weighted by molar-refractivity contribution is 6.40. The Morgan fingerprint density at radius 1 is 1.29 bits per heavy atom. The Balaban J connectivity index is 3.08. The number of hydrogen-bond acceptors (Lipinski definition) is 3. The maximum atomic E-state index is 12.9. The van der Waals surface area contributed by atoms with Crippen molar-refractivity contribution in [1.82, 2.24) is 0 Å². The van der Waals surface area contributed by atoms with Crippen LogP contribution in [0.5, 0.6) is 0 Å². The third kappa shape index (κ3) is 1.93. The SMILES string of the molecule is COC(=O)C(=O)c1ccc(F)cc1F. The molecule has 0 unspecified atom stereocenters. The van der Waals surface area contributed by atoms with E-state index in [2.05, 4.69) is 4.74 Å². The zero-order valence-corrected chi connectivity index (χ0v) is 7.21. The Morgan fingerprint density at radius 3 is 2.43 bits per heavy atom. The summed E-state index contributed by atoms with van der Waals surface area (Å²) in [6.07, 6.45) is 0. The fraction of sp³-hybridized carbons (Fsp3) is 0.111. The minimum atomic E-state index is -1.18. The minimum Gasteiger partial charge on any atom is -0.463 e. The second kappa shape index (κ2) is 3.95. The predicted molar refractivity (Wildman–Crippen MR) is 42.7 cm³/mol. The van der Waals surface area contributed by atoms with Crippen LogP contribution in [-0.4, -0.2) is 18.9 Å². The first-order valence-corrected chi connectivity index (χ1v) is 3.64. The van der Waals surface area contributed by atoms with Gasteiger partial charge in [0.15, 0.2) is 0 Å². The van der Waals surface area contributed by atoms with Gasteiger partial charge in [0.05, 0.1) is 12.7 Å².